The zero-order chi connectivity index (χ0) is 56.4. The molecule has 4 aromatic carbocycles. The van der Waals surface area contributed by atoms with Crippen LogP contribution in [0.3, 0.4) is 0 Å². The number of hydrogen-bond acceptors (Lipinski definition) is 10. The largest absolute Gasteiger partial charge is 0.489 e. The van der Waals surface area contributed by atoms with Gasteiger partial charge in [0.2, 0.25) is 29.5 Å². The lowest BCUT2D eigenvalue weighted by Gasteiger charge is -2.36. The van der Waals surface area contributed by atoms with Gasteiger partial charge in [-0.3, -0.25) is 33.6 Å². The Morgan fingerprint density at radius 1 is 0.620 bits per heavy atom. The molecule has 3 aliphatic carbocycles. The van der Waals surface area contributed by atoms with Crippen molar-refractivity contribution in [3.8, 4) is 5.75 Å². The second-order valence-electron chi connectivity index (χ2n) is 23.3. The van der Waals surface area contributed by atoms with E-state index in [-0.39, 0.29) is 73.4 Å². The SMILES string of the molecule is CN[C@@H](C)C(=O)NC(Cc1ccc(OCc2ccc(C(=O)NC3CC(C(=O)NC4CCCc5ccccc54)N(C(=O)C(NC(=O)[C@H](C)NC)C(C)(C)C)C3)cc2)cc1)C(=O)C1CCCCC1C(=O)NC1CCCc2ccccc21. The monoisotopic (exact) mass is 1080 g/mol. The van der Waals surface area contributed by atoms with E-state index in [1.165, 1.54) is 16.0 Å². The highest BCUT2D eigenvalue weighted by Crippen LogP contribution is 2.36. The molecule has 7 N–H and O–H groups in total. The molecule has 10 atom stereocenters. The van der Waals surface area contributed by atoms with E-state index in [1.54, 1.807) is 40.1 Å². The predicted molar refractivity (Wildman–Crippen MR) is 304 cm³/mol. The van der Waals surface area contributed by atoms with Crippen LogP contribution in [0.25, 0.3) is 0 Å². The normalized spacial score (nSPS) is 22.3. The Hall–Kier alpha value is -6.91. The van der Waals surface area contributed by atoms with Gasteiger partial charge < -0.3 is 46.9 Å². The van der Waals surface area contributed by atoms with Crippen LogP contribution in [0.2, 0.25) is 0 Å². The fourth-order valence-electron chi connectivity index (χ4n) is 11.8. The zero-order valence-corrected chi connectivity index (χ0v) is 47.1. The summed E-state index contributed by atoms with van der Waals surface area (Å²) in [6.07, 6.45) is 8.79. The zero-order valence-electron chi connectivity index (χ0n) is 47.1. The lowest BCUT2D eigenvalue weighted by molar-refractivity contribution is -0.144. The summed E-state index contributed by atoms with van der Waals surface area (Å²) < 4.78 is 6.17. The van der Waals surface area contributed by atoms with Crippen LogP contribution in [-0.2, 0) is 54.6 Å². The number of amides is 6. The van der Waals surface area contributed by atoms with Gasteiger partial charge in [-0.25, -0.2) is 0 Å². The van der Waals surface area contributed by atoms with Gasteiger partial charge in [0.25, 0.3) is 5.91 Å². The van der Waals surface area contributed by atoms with Crippen molar-refractivity contribution >= 4 is 41.2 Å². The van der Waals surface area contributed by atoms with Gasteiger partial charge in [-0.2, -0.15) is 0 Å². The molecule has 0 radical (unpaired) electrons. The van der Waals surface area contributed by atoms with Crippen LogP contribution in [0.5, 0.6) is 5.75 Å². The maximum Gasteiger partial charge on any atom is 0.251 e. The van der Waals surface area contributed by atoms with E-state index in [0.29, 0.717) is 24.2 Å². The summed E-state index contributed by atoms with van der Waals surface area (Å²) in [7, 11) is 3.37. The Morgan fingerprint density at radius 3 is 1.75 bits per heavy atom. The van der Waals surface area contributed by atoms with Gasteiger partial charge in [-0.15, -0.1) is 0 Å². The Bertz CT molecular complexity index is 2810. The number of nitrogens with one attached hydrogen (secondary N) is 7. The summed E-state index contributed by atoms with van der Waals surface area (Å²) >= 11 is 0. The average Bonchev–Trinajstić information content (AvgIpc) is 4.06. The minimum absolute atomic E-state index is 0.0794. The Morgan fingerprint density at radius 2 is 1.16 bits per heavy atom. The van der Waals surface area contributed by atoms with Crippen molar-refractivity contribution in [3.05, 3.63) is 136 Å². The molecule has 4 aromatic rings. The maximum absolute atomic E-state index is 14.6. The maximum atomic E-state index is 14.6. The molecule has 1 heterocycles. The Labute approximate surface area is 466 Å². The summed E-state index contributed by atoms with van der Waals surface area (Å²) in [4.78, 5) is 99.5. The number of fused-ring (bicyclic) bond motifs is 2. The third-order valence-corrected chi connectivity index (χ3v) is 16.8. The molecule has 422 valence electrons. The average molecular weight is 1080 g/mol. The minimum atomic E-state index is -0.939. The summed E-state index contributed by atoms with van der Waals surface area (Å²) in [5, 5.41) is 21.5. The molecule has 16 nitrogen and oxygen atoms in total. The number of hydrogen-bond donors (Lipinski definition) is 7. The minimum Gasteiger partial charge on any atom is -0.489 e. The van der Waals surface area contributed by atoms with Crippen LogP contribution >= 0.6 is 0 Å². The second-order valence-corrected chi connectivity index (χ2v) is 23.3. The van der Waals surface area contributed by atoms with Gasteiger partial charge in [0.1, 0.15) is 24.4 Å². The van der Waals surface area contributed by atoms with Crippen LogP contribution < -0.4 is 42.0 Å². The number of likely N-dealkylation sites (N-methyl/N-ethyl adjacent to an activating group) is 2. The quantitative estimate of drug-likeness (QED) is 0.0510. The molecule has 8 unspecified atom stereocenters. The van der Waals surface area contributed by atoms with E-state index in [9.17, 15) is 33.6 Å². The third-order valence-electron chi connectivity index (χ3n) is 16.8. The lowest BCUT2D eigenvalue weighted by atomic mass is 9.74. The summed E-state index contributed by atoms with van der Waals surface area (Å²) in [6, 6.07) is 26.2. The van der Waals surface area contributed by atoms with Crippen molar-refractivity contribution < 1.29 is 38.3 Å². The number of aryl methyl sites for hydroxylation is 2. The molecular formula is C63H82N8O8. The van der Waals surface area contributed by atoms with Crippen molar-refractivity contribution in [2.45, 2.75) is 167 Å². The Balaban J connectivity index is 0.892. The molecular weight excluding hydrogens is 997 g/mol. The van der Waals surface area contributed by atoms with Crippen molar-refractivity contribution in [3.63, 3.8) is 0 Å². The van der Waals surface area contributed by atoms with Gasteiger partial charge in [0, 0.05) is 30.0 Å². The van der Waals surface area contributed by atoms with Gasteiger partial charge in [0.15, 0.2) is 5.78 Å². The molecule has 6 amide bonds. The molecule has 4 aliphatic rings. The first-order valence-corrected chi connectivity index (χ1v) is 28.6. The highest BCUT2D eigenvalue weighted by molar-refractivity contribution is 5.97. The third kappa shape index (κ3) is 14.5. The first-order chi connectivity index (χ1) is 37.9. The summed E-state index contributed by atoms with van der Waals surface area (Å²) in [5.41, 5.74) is 6.01. The topological polar surface area (TPSA) is 216 Å². The van der Waals surface area contributed by atoms with Crippen LogP contribution in [0.1, 0.15) is 148 Å². The lowest BCUT2D eigenvalue weighted by Crippen LogP contribution is -2.59. The molecule has 16 heteroatoms. The van der Waals surface area contributed by atoms with E-state index >= 15 is 0 Å². The van der Waals surface area contributed by atoms with E-state index < -0.39 is 59.4 Å². The first-order valence-electron chi connectivity index (χ1n) is 28.6. The molecule has 8 rings (SSSR count). The summed E-state index contributed by atoms with van der Waals surface area (Å²) in [6.45, 7) is 9.37. The van der Waals surface area contributed by atoms with E-state index in [1.807, 2.05) is 87.5 Å². The summed E-state index contributed by atoms with van der Waals surface area (Å²) in [5.74, 6) is -2.31. The number of rotatable bonds is 20. The molecule has 79 heavy (non-hydrogen) atoms. The standard InChI is InChI=1S/C63H82N8O8/c1-38(64-6)57(73)69-53(55(72)49-22-12-13-23-50(49)60(76)67-51-24-14-18-42-16-8-10-20-47(42)51)34-40-28-32-46(33-29-40)79-37-41-26-30-44(31-27-41)59(75)66-45-35-54(61(77)68-52-25-15-19-43-17-9-11-21-48(43)52)71(36-45)62(78)56(63(3,4)5)70-58(74)39(2)65-7/h8-11,16-17,20-21,26-33,38-39,45,49-54,56,64-65H,12-15,18-19,22-25,34-37H2,1-7H3,(H,66,75)(H,67,76)(H,68,77)(H,69,73)(H,70,74)/t38-,39-,45?,49?,50?,51?,52?,53?,54?,56?/m0/s1. The predicted octanol–water partition coefficient (Wildman–Crippen LogP) is 6.50. The molecule has 1 saturated heterocycles. The van der Waals surface area contributed by atoms with E-state index in [2.05, 4.69) is 55.4 Å². The van der Waals surface area contributed by atoms with Crippen molar-refractivity contribution in [1.29, 1.82) is 0 Å². The molecule has 1 aliphatic heterocycles. The van der Waals surface area contributed by atoms with Gasteiger partial charge in [-0.1, -0.05) is 106 Å². The number of nitrogens with zero attached hydrogens (tertiary/aromatic N) is 1. The number of likely N-dealkylation sites (tertiary alicyclic amines) is 1. The second kappa shape index (κ2) is 26.4. The van der Waals surface area contributed by atoms with Crippen LogP contribution in [0.15, 0.2) is 97.1 Å². The van der Waals surface area contributed by atoms with Gasteiger partial charge in [-0.05, 0) is 155 Å². The molecule has 0 bridgehead atoms. The van der Waals surface area contributed by atoms with Crippen molar-refractivity contribution in [1.82, 2.24) is 42.1 Å². The van der Waals surface area contributed by atoms with E-state index in [4.69, 9.17) is 4.74 Å². The number of Topliss-reactive ketones (excluding diaryl/α,β-unsaturated/α-hetero) is 1. The van der Waals surface area contributed by atoms with Crippen LogP contribution in [-0.4, -0.2) is 103 Å². The number of carbonyl (C=O) groups is 7. The number of ketones is 1. The Kier molecular flexibility index (Phi) is 19.4. The fourth-order valence-corrected chi connectivity index (χ4v) is 11.8. The molecule has 1 saturated carbocycles. The highest BCUT2D eigenvalue weighted by atomic mass is 16.5. The molecule has 2 fully saturated rings. The highest BCUT2D eigenvalue weighted by Gasteiger charge is 2.46. The number of benzene rings is 4. The van der Waals surface area contributed by atoms with Crippen LogP contribution in [0.4, 0.5) is 0 Å². The fraction of sp³-hybridized carbons (Fsp3) is 0.508. The molecule has 0 spiro atoms. The van der Waals surface area contributed by atoms with Crippen LogP contribution in [0, 0.1) is 17.3 Å². The van der Waals surface area contributed by atoms with Crippen molar-refractivity contribution in [2.24, 2.45) is 17.3 Å². The smallest absolute Gasteiger partial charge is 0.251 e. The van der Waals surface area contributed by atoms with Crippen molar-refractivity contribution in [2.75, 3.05) is 20.6 Å². The number of ether oxygens (including phenoxy) is 1. The first kappa shape index (κ1) is 58.2. The number of carbonyl (C=O) groups excluding carboxylic acids is 7. The van der Waals surface area contributed by atoms with Gasteiger partial charge >= 0.3 is 0 Å². The van der Waals surface area contributed by atoms with Gasteiger partial charge in [0.05, 0.1) is 30.2 Å². The molecule has 0 aromatic heterocycles. The van der Waals surface area contributed by atoms with E-state index in [0.717, 1.165) is 73.6 Å².